The van der Waals surface area contributed by atoms with Gasteiger partial charge >= 0.3 is 0 Å². The van der Waals surface area contributed by atoms with Gasteiger partial charge in [-0.25, -0.2) is 4.39 Å². The summed E-state index contributed by atoms with van der Waals surface area (Å²) in [7, 11) is 0. The smallest absolute Gasteiger partial charge is 0.280 e. The van der Waals surface area contributed by atoms with Gasteiger partial charge in [-0.05, 0) is 58.9 Å². The Bertz CT molecular complexity index is 1050. The van der Waals surface area contributed by atoms with Crippen LogP contribution in [0, 0.1) is 5.82 Å². The van der Waals surface area contributed by atoms with E-state index in [0.717, 1.165) is 34.7 Å². The topological polar surface area (TPSA) is 81.5 Å². The number of guanidine groups is 1. The van der Waals surface area contributed by atoms with Gasteiger partial charge in [0, 0.05) is 11.1 Å². The molecule has 3 aromatic rings. The average molecular weight is 347 g/mol. The van der Waals surface area contributed by atoms with Crippen molar-refractivity contribution in [1.29, 1.82) is 0 Å². The summed E-state index contributed by atoms with van der Waals surface area (Å²) >= 11 is 0. The summed E-state index contributed by atoms with van der Waals surface area (Å²) in [6.07, 6.45) is 2.16. The quantitative estimate of drug-likeness (QED) is 0.556. The first kappa shape index (κ1) is 16.3. The fourth-order valence-electron chi connectivity index (χ4n) is 3.37. The van der Waals surface area contributed by atoms with E-state index in [2.05, 4.69) is 4.99 Å². The molecular formula is C21H18FN3O. The molecule has 1 amide bonds. The van der Waals surface area contributed by atoms with Crippen LogP contribution in [0.25, 0.3) is 21.9 Å². The molecule has 5 heteroatoms. The van der Waals surface area contributed by atoms with Crippen LogP contribution in [0.3, 0.4) is 0 Å². The van der Waals surface area contributed by atoms with Crippen LogP contribution < -0.4 is 11.5 Å². The van der Waals surface area contributed by atoms with Gasteiger partial charge in [-0.1, -0.05) is 36.4 Å². The Balaban J connectivity index is 1.94. The largest absolute Gasteiger partial charge is 0.370 e. The summed E-state index contributed by atoms with van der Waals surface area (Å²) < 4.78 is 14.8. The molecule has 1 fully saturated rings. The van der Waals surface area contributed by atoms with Crippen molar-refractivity contribution >= 4 is 22.6 Å². The summed E-state index contributed by atoms with van der Waals surface area (Å²) in [5.41, 5.74) is 13.4. The molecule has 4 nitrogen and oxygen atoms in total. The lowest BCUT2D eigenvalue weighted by atomic mass is 9.91. The van der Waals surface area contributed by atoms with Gasteiger partial charge in [-0.3, -0.25) is 4.79 Å². The predicted molar refractivity (Wildman–Crippen MR) is 101 cm³/mol. The zero-order chi connectivity index (χ0) is 18.3. The minimum absolute atomic E-state index is 0.247. The van der Waals surface area contributed by atoms with E-state index in [1.54, 1.807) is 18.2 Å². The van der Waals surface area contributed by atoms with Gasteiger partial charge in [-0.15, -0.1) is 0 Å². The van der Waals surface area contributed by atoms with Crippen molar-refractivity contribution in [2.75, 3.05) is 0 Å². The van der Waals surface area contributed by atoms with Gasteiger partial charge in [0.2, 0.25) is 0 Å². The molecule has 0 atom stereocenters. The second-order valence-corrected chi connectivity index (χ2v) is 6.56. The molecule has 4 N–H and O–H groups in total. The third-order valence-electron chi connectivity index (χ3n) is 4.69. The van der Waals surface area contributed by atoms with Crippen molar-refractivity contribution in [3.63, 3.8) is 0 Å². The van der Waals surface area contributed by atoms with Gasteiger partial charge in [0.15, 0.2) is 5.96 Å². The maximum atomic E-state index is 14.8. The highest BCUT2D eigenvalue weighted by Gasteiger charge is 2.28. The minimum atomic E-state index is -0.516. The first-order valence-electron chi connectivity index (χ1n) is 8.50. The van der Waals surface area contributed by atoms with E-state index in [0.29, 0.717) is 17.0 Å². The predicted octanol–water partition coefficient (Wildman–Crippen LogP) is 3.94. The second-order valence-electron chi connectivity index (χ2n) is 6.56. The minimum Gasteiger partial charge on any atom is -0.370 e. The Hall–Kier alpha value is -3.21. The number of carbonyl (C=O) groups is 1. The van der Waals surface area contributed by atoms with Gasteiger partial charge in [-0.2, -0.15) is 4.99 Å². The number of benzene rings is 3. The molecule has 1 aliphatic carbocycles. The molecule has 0 aromatic heterocycles. The number of nitrogens with zero attached hydrogens (tertiary/aromatic N) is 1. The standard InChI is InChI=1S/C21H18FN3O/c22-18-6-2-4-15(13-7-8-13)19(18)16-5-1-3-12-9-10-14(11-17(12)16)20(26)25-21(23)24/h1-6,9-11,13H,7-8H2,(H4,23,24,25,26). The maximum absolute atomic E-state index is 14.8. The molecule has 0 heterocycles. The summed E-state index contributed by atoms with van der Waals surface area (Å²) in [4.78, 5) is 15.8. The highest BCUT2D eigenvalue weighted by molar-refractivity contribution is 6.06. The highest BCUT2D eigenvalue weighted by Crippen LogP contribution is 2.46. The number of carbonyl (C=O) groups excluding carboxylic acids is 1. The number of hydrogen-bond acceptors (Lipinski definition) is 1. The Labute approximate surface area is 150 Å². The lowest BCUT2D eigenvalue weighted by Crippen LogP contribution is -2.24. The van der Waals surface area contributed by atoms with Gasteiger partial charge < -0.3 is 11.5 Å². The summed E-state index contributed by atoms with van der Waals surface area (Å²) in [6, 6.07) is 16.2. The SMILES string of the molecule is NC(N)=NC(=O)c1ccc2cccc(-c3c(F)cccc3C3CC3)c2c1. The van der Waals surface area contributed by atoms with Crippen LogP contribution in [0.4, 0.5) is 4.39 Å². The van der Waals surface area contributed by atoms with Crippen LogP contribution in [-0.2, 0) is 0 Å². The van der Waals surface area contributed by atoms with Crippen molar-refractivity contribution in [1.82, 2.24) is 0 Å². The zero-order valence-corrected chi connectivity index (χ0v) is 14.1. The molecule has 0 saturated heterocycles. The van der Waals surface area contributed by atoms with E-state index >= 15 is 0 Å². The number of nitrogens with two attached hydrogens (primary N) is 2. The van der Waals surface area contributed by atoms with Crippen LogP contribution in [0.15, 0.2) is 59.6 Å². The molecule has 0 spiro atoms. The van der Waals surface area contributed by atoms with E-state index < -0.39 is 5.91 Å². The zero-order valence-electron chi connectivity index (χ0n) is 14.1. The van der Waals surface area contributed by atoms with E-state index in [9.17, 15) is 9.18 Å². The number of fused-ring (bicyclic) bond motifs is 1. The molecule has 4 rings (SSSR count). The Kier molecular flexibility index (Phi) is 3.92. The Morgan fingerprint density at radius 2 is 1.81 bits per heavy atom. The van der Waals surface area contributed by atoms with Gasteiger partial charge in [0.1, 0.15) is 5.82 Å². The molecule has 0 unspecified atom stereocenters. The summed E-state index contributed by atoms with van der Waals surface area (Å²) in [6.45, 7) is 0. The fraction of sp³-hybridized carbons (Fsp3) is 0.143. The first-order chi connectivity index (χ1) is 12.5. The number of aliphatic imine (C=N–C) groups is 1. The van der Waals surface area contributed by atoms with Crippen molar-refractivity contribution in [3.8, 4) is 11.1 Å². The first-order valence-corrected chi connectivity index (χ1v) is 8.50. The van der Waals surface area contributed by atoms with Crippen LogP contribution in [0.1, 0.15) is 34.7 Å². The van der Waals surface area contributed by atoms with Crippen molar-refractivity contribution in [2.24, 2.45) is 16.5 Å². The number of amides is 1. The van der Waals surface area contributed by atoms with Crippen molar-refractivity contribution < 1.29 is 9.18 Å². The van der Waals surface area contributed by atoms with Crippen LogP contribution in [0.5, 0.6) is 0 Å². The molecule has 3 aromatic carbocycles. The highest BCUT2D eigenvalue weighted by atomic mass is 19.1. The molecule has 0 radical (unpaired) electrons. The van der Waals surface area contributed by atoms with Crippen molar-refractivity contribution in [2.45, 2.75) is 18.8 Å². The average Bonchev–Trinajstić information content (AvgIpc) is 3.45. The van der Waals surface area contributed by atoms with Crippen LogP contribution >= 0.6 is 0 Å². The molecule has 26 heavy (non-hydrogen) atoms. The maximum Gasteiger partial charge on any atom is 0.280 e. The molecule has 1 saturated carbocycles. The van der Waals surface area contributed by atoms with E-state index in [1.807, 2.05) is 30.3 Å². The molecule has 0 bridgehead atoms. The number of rotatable bonds is 3. The molecule has 130 valence electrons. The third-order valence-corrected chi connectivity index (χ3v) is 4.69. The number of hydrogen-bond donors (Lipinski definition) is 2. The number of halogens is 1. The normalized spacial score (nSPS) is 13.6. The lowest BCUT2D eigenvalue weighted by molar-refractivity contribution is 0.100. The molecule has 0 aliphatic heterocycles. The third kappa shape index (κ3) is 2.92. The van der Waals surface area contributed by atoms with E-state index in [4.69, 9.17) is 11.5 Å². The second kappa shape index (κ2) is 6.26. The monoisotopic (exact) mass is 347 g/mol. The van der Waals surface area contributed by atoms with Crippen LogP contribution in [0.2, 0.25) is 0 Å². The van der Waals surface area contributed by atoms with E-state index in [-0.39, 0.29) is 11.8 Å². The Morgan fingerprint density at radius 3 is 2.54 bits per heavy atom. The van der Waals surface area contributed by atoms with Gasteiger partial charge in [0.25, 0.3) is 5.91 Å². The molecule has 1 aliphatic rings. The van der Waals surface area contributed by atoms with Crippen molar-refractivity contribution in [3.05, 3.63) is 71.5 Å². The van der Waals surface area contributed by atoms with Gasteiger partial charge in [0.05, 0.1) is 0 Å². The summed E-state index contributed by atoms with van der Waals surface area (Å²) in [5.74, 6) is -0.642. The van der Waals surface area contributed by atoms with E-state index in [1.165, 1.54) is 6.07 Å². The lowest BCUT2D eigenvalue weighted by Gasteiger charge is -2.13. The summed E-state index contributed by atoms with van der Waals surface area (Å²) in [5, 5.41) is 1.73. The van der Waals surface area contributed by atoms with Crippen LogP contribution in [-0.4, -0.2) is 11.9 Å². The Morgan fingerprint density at radius 1 is 1.04 bits per heavy atom. The molecular weight excluding hydrogens is 329 g/mol. The fourth-order valence-corrected chi connectivity index (χ4v) is 3.37.